The molecule has 1 aromatic rings. The molecule has 0 bridgehead atoms. The molecule has 1 aliphatic carbocycles. The summed E-state index contributed by atoms with van der Waals surface area (Å²) in [7, 11) is 1.60. The third-order valence-electron chi connectivity index (χ3n) is 10.2. The van der Waals surface area contributed by atoms with Gasteiger partial charge in [-0.3, -0.25) is 9.69 Å². The van der Waals surface area contributed by atoms with Crippen molar-refractivity contribution in [3.8, 4) is 11.5 Å². The molecule has 0 spiro atoms. The molecule has 4 aliphatic heterocycles. The van der Waals surface area contributed by atoms with E-state index in [0.717, 1.165) is 68.5 Å². The molecule has 5 atom stereocenters. The van der Waals surface area contributed by atoms with Crippen molar-refractivity contribution in [2.45, 2.75) is 107 Å². The highest BCUT2D eigenvalue weighted by molar-refractivity contribution is 5.88. The van der Waals surface area contributed by atoms with E-state index >= 15 is 0 Å². The second kappa shape index (κ2) is 12.5. The van der Waals surface area contributed by atoms with Crippen molar-refractivity contribution in [3.63, 3.8) is 0 Å². The number of fused-ring (bicyclic) bond motifs is 3. The molecule has 1 amide bonds. The van der Waals surface area contributed by atoms with Gasteiger partial charge in [-0.05, 0) is 113 Å². The van der Waals surface area contributed by atoms with Crippen LogP contribution in [-0.2, 0) is 25.5 Å². The molecule has 44 heavy (non-hydrogen) atoms. The standard InChI is InChI=1S/C34H48N2O8/c1-33(2,39)11-8-12-34(40,20-28(37)35-13-5-4-6-14-35)32(38)44-31-27(41-3)18-23-9-7-15-36-16-10-22-17-25-26(43-21-42-25)19-24(22)29(31)30(23)36/h17-19,23,29-31,39-40H,4-16,20-21H2,1-3H3. The molecule has 1 aromatic carbocycles. The van der Waals surface area contributed by atoms with Crippen LogP contribution in [-0.4, -0.2) is 95.3 Å². The molecule has 0 radical (unpaired) electrons. The minimum absolute atomic E-state index is 0.00622. The number of hydrogen-bond donors (Lipinski definition) is 2. The Morgan fingerprint density at radius 1 is 1.00 bits per heavy atom. The number of hydrogen-bond acceptors (Lipinski definition) is 9. The summed E-state index contributed by atoms with van der Waals surface area (Å²) in [6, 6.07) is 4.17. The molecule has 2 fully saturated rings. The fraction of sp³-hybridized carbons (Fsp3) is 0.706. The Balaban J connectivity index is 1.34. The van der Waals surface area contributed by atoms with E-state index in [2.05, 4.69) is 17.0 Å². The second-order valence-corrected chi connectivity index (χ2v) is 13.9. The first-order chi connectivity index (χ1) is 21.1. The molecule has 0 aromatic heterocycles. The molecule has 10 nitrogen and oxygen atoms in total. The number of piperidine rings is 2. The Kier molecular flexibility index (Phi) is 8.87. The molecular weight excluding hydrogens is 564 g/mol. The van der Waals surface area contributed by atoms with E-state index in [9.17, 15) is 19.8 Å². The third-order valence-corrected chi connectivity index (χ3v) is 10.2. The summed E-state index contributed by atoms with van der Waals surface area (Å²) in [5, 5.41) is 22.3. The average Bonchev–Trinajstić information content (AvgIpc) is 3.39. The van der Waals surface area contributed by atoms with Crippen molar-refractivity contribution in [1.29, 1.82) is 0 Å². The largest absolute Gasteiger partial charge is 0.497 e. The van der Waals surface area contributed by atoms with Crippen LogP contribution in [0.15, 0.2) is 24.0 Å². The van der Waals surface area contributed by atoms with Crippen LogP contribution in [0.2, 0.25) is 0 Å². The number of benzene rings is 1. The van der Waals surface area contributed by atoms with Gasteiger partial charge in [-0.25, -0.2) is 4.79 Å². The number of rotatable bonds is 9. The second-order valence-electron chi connectivity index (χ2n) is 13.9. The topological polar surface area (TPSA) is 118 Å². The highest BCUT2D eigenvalue weighted by Crippen LogP contribution is 2.50. The number of nitrogens with zero attached hydrogens (tertiary/aromatic N) is 2. The van der Waals surface area contributed by atoms with E-state index in [1.165, 1.54) is 0 Å². The van der Waals surface area contributed by atoms with Crippen molar-refractivity contribution in [1.82, 2.24) is 9.80 Å². The molecule has 5 aliphatic rings. The van der Waals surface area contributed by atoms with Gasteiger partial charge < -0.3 is 34.1 Å². The first-order valence-corrected chi connectivity index (χ1v) is 16.4. The minimum Gasteiger partial charge on any atom is -0.497 e. The molecule has 0 saturated carbocycles. The van der Waals surface area contributed by atoms with Crippen molar-refractivity contribution < 1.29 is 38.7 Å². The van der Waals surface area contributed by atoms with Crippen molar-refractivity contribution >= 4 is 11.9 Å². The Bertz CT molecular complexity index is 1270. The van der Waals surface area contributed by atoms with Gasteiger partial charge in [0.05, 0.1) is 19.1 Å². The molecule has 242 valence electrons. The lowest BCUT2D eigenvalue weighted by molar-refractivity contribution is -0.178. The first kappa shape index (κ1) is 31.2. The van der Waals surface area contributed by atoms with Crippen molar-refractivity contribution in [3.05, 3.63) is 35.1 Å². The summed E-state index contributed by atoms with van der Waals surface area (Å²) in [5.41, 5.74) is -0.827. The number of aliphatic hydroxyl groups is 2. The minimum atomic E-state index is -2.04. The summed E-state index contributed by atoms with van der Waals surface area (Å²) in [4.78, 5) is 31.9. The maximum absolute atomic E-state index is 14.2. The molecule has 10 heteroatoms. The Morgan fingerprint density at radius 3 is 2.48 bits per heavy atom. The van der Waals surface area contributed by atoms with Gasteiger partial charge in [0.1, 0.15) is 5.76 Å². The lowest BCUT2D eigenvalue weighted by atomic mass is 9.71. The number of likely N-dealkylation sites (tertiary alicyclic amines) is 1. The van der Waals surface area contributed by atoms with Crippen molar-refractivity contribution in [2.75, 3.05) is 40.1 Å². The van der Waals surface area contributed by atoms with Crippen LogP contribution in [0.25, 0.3) is 0 Å². The molecule has 5 unspecified atom stereocenters. The average molecular weight is 613 g/mol. The lowest BCUT2D eigenvalue weighted by Gasteiger charge is -2.48. The Morgan fingerprint density at radius 2 is 1.75 bits per heavy atom. The molecular formula is C34H48N2O8. The quantitative estimate of drug-likeness (QED) is 0.403. The summed E-state index contributed by atoms with van der Waals surface area (Å²) < 4.78 is 23.8. The molecule has 2 N–H and O–H groups in total. The van der Waals surface area contributed by atoms with Gasteiger partial charge in [0.25, 0.3) is 0 Å². The van der Waals surface area contributed by atoms with Gasteiger partial charge in [-0.1, -0.05) is 0 Å². The van der Waals surface area contributed by atoms with Crippen LogP contribution >= 0.6 is 0 Å². The number of ether oxygens (including phenoxy) is 4. The fourth-order valence-electron chi connectivity index (χ4n) is 7.98. The lowest BCUT2D eigenvalue weighted by Crippen LogP contribution is -2.55. The number of carbonyl (C=O) groups is 2. The zero-order valence-corrected chi connectivity index (χ0v) is 26.4. The smallest absolute Gasteiger partial charge is 0.339 e. The van der Waals surface area contributed by atoms with Crippen LogP contribution in [0.3, 0.4) is 0 Å². The number of methoxy groups -OCH3 is 1. The fourth-order valence-corrected chi connectivity index (χ4v) is 7.98. The van der Waals surface area contributed by atoms with Crippen LogP contribution in [0.1, 0.15) is 88.7 Å². The summed E-state index contributed by atoms with van der Waals surface area (Å²) >= 11 is 0. The van der Waals surface area contributed by atoms with E-state index in [0.29, 0.717) is 37.4 Å². The van der Waals surface area contributed by atoms with E-state index in [4.69, 9.17) is 18.9 Å². The Hall–Kier alpha value is -2.82. The van der Waals surface area contributed by atoms with Crippen LogP contribution in [0.4, 0.5) is 0 Å². The van der Waals surface area contributed by atoms with Crippen molar-refractivity contribution in [2.24, 2.45) is 5.92 Å². The van der Waals surface area contributed by atoms with Crippen LogP contribution in [0, 0.1) is 5.92 Å². The van der Waals surface area contributed by atoms with Gasteiger partial charge in [-0.2, -0.15) is 0 Å². The first-order valence-electron chi connectivity index (χ1n) is 16.4. The SMILES string of the molecule is COC1=CC2CCCN3CCc4cc5c(cc4C(C1OC(=O)C(O)(CCCC(C)(C)O)CC(=O)N1CCCCC1)C23)OCO5. The monoisotopic (exact) mass is 612 g/mol. The summed E-state index contributed by atoms with van der Waals surface area (Å²) in [6.45, 7) is 6.66. The van der Waals surface area contributed by atoms with E-state index in [-0.39, 0.29) is 43.4 Å². The maximum atomic E-state index is 14.2. The van der Waals surface area contributed by atoms with E-state index in [1.54, 1.807) is 25.9 Å². The molecule has 2 saturated heterocycles. The highest BCUT2D eigenvalue weighted by atomic mass is 16.7. The number of carbonyl (C=O) groups excluding carboxylic acids is 2. The van der Waals surface area contributed by atoms with E-state index in [1.807, 2.05) is 6.07 Å². The van der Waals surface area contributed by atoms with Gasteiger partial charge in [0.2, 0.25) is 12.7 Å². The van der Waals surface area contributed by atoms with Crippen LogP contribution < -0.4 is 9.47 Å². The molecule has 4 heterocycles. The zero-order valence-electron chi connectivity index (χ0n) is 26.4. The van der Waals surface area contributed by atoms with Gasteiger partial charge in [-0.15, -0.1) is 0 Å². The highest BCUT2D eigenvalue weighted by Gasteiger charge is 2.52. The molecule has 6 rings (SSSR count). The maximum Gasteiger partial charge on any atom is 0.339 e. The number of amides is 1. The normalized spacial score (nSPS) is 27.8. The third kappa shape index (κ3) is 6.30. The van der Waals surface area contributed by atoms with E-state index < -0.39 is 23.3 Å². The summed E-state index contributed by atoms with van der Waals surface area (Å²) in [6.07, 6.45) is 7.50. The summed E-state index contributed by atoms with van der Waals surface area (Å²) in [5.74, 6) is 0.875. The van der Waals surface area contributed by atoms with Gasteiger partial charge in [0.15, 0.2) is 23.2 Å². The Labute approximate surface area is 260 Å². The predicted molar refractivity (Wildman–Crippen MR) is 162 cm³/mol. The van der Waals surface area contributed by atoms with Crippen LogP contribution in [0.5, 0.6) is 11.5 Å². The predicted octanol–water partition coefficient (Wildman–Crippen LogP) is 3.67. The van der Waals surface area contributed by atoms with Gasteiger partial charge in [0, 0.05) is 31.6 Å². The number of esters is 1. The zero-order chi connectivity index (χ0) is 31.1. The van der Waals surface area contributed by atoms with Gasteiger partial charge >= 0.3 is 5.97 Å².